The van der Waals surface area contributed by atoms with Crippen LogP contribution in [0.4, 0.5) is 4.39 Å². The van der Waals surface area contributed by atoms with Crippen LogP contribution in [0.2, 0.25) is 0 Å². The average molecular weight is 183 g/mol. The van der Waals surface area contributed by atoms with Crippen LogP contribution in [-0.4, -0.2) is 16.1 Å². The van der Waals surface area contributed by atoms with Gasteiger partial charge in [0, 0.05) is 6.20 Å². The smallest absolute Gasteiger partial charge is 0.344 e. The number of rotatable bonds is 2. The Labute approximate surface area is 75.2 Å². The Kier molecular flexibility index (Phi) is 2.60. The van der Waals surface area contributed by atoms with Crippen molar-refractivity contribution in [3.05, 3.63) is 29.1 Å². The molecule has 4 heteroatoms. The Hall–Kier alpha value is -1.45. The van der Waals surface area contributed by atoms with Crippen LogP contribution in [0.5, 0.6) is 0 Å². The molecular weight excluding hydrogens is 173 g/mol. The number of carboxylic acids is 1. The summed E-state index contributed by atoms with van der Waals surface area (Å²) in [4.78, 5) is 14.1. The summed E-state index contributed by atoms with van der Waals surface area (Å²) in [7, 11) is 0. The Morgan fingerprint density at radius 2 is 2.23 bits per heavy atom. The summed E-state index contributed by atoms with van der Waals surface area (Å²) < 4.78 is 13.0. The first kappa shape index (κ1) is 9.64. The summed E-state index contributed by atoms with van der Waals surface area (Å²) >= 11 is 0. The molecule has 0 amide bonds. The number of carboxylic acid groups (broad SMARTS) is 1. The molecule has 0 spiro atoms. The van der Waals surface area contributed by atoms with Gasteiger partial charge in [0.25, 0.3) is 0 Å². The van der Waals surface area contributed by atoms with Crippen LogP contribution in [0.25, 0.3) is 0 Å². The molecule has 0 saturated heterocycles. The van der Waals surface area contributed by atoms with Gasteiger partial charge >= 0.3 is 5.97 Å². The molecule has 0 bridgehead atoms. The fraction of sp³-hybridized carbons (Fsp3) is 0.333. The van der Waals surface area contributed by atoms with Crippen molar-refractivity contribution in [3.8, 4) is 0 Å². The first-order chi connectivity index (χ1) is 6.02. The summed E-state index contributed by atoms with van der Waals surface area (Å²) in [6.45, 7) is 3.46. The van der Waals surface area contributed by atoms with E-state index < -0.39 is 12.1 Å². The summed E-state index contributed by atoms with van der Waals surface area (Å²) in [5.41, 5.74) is 1.44. The van der Waals surface area contributed by atoms with Gasteiger partial charge in [-0.2, -0.15) is 0 Å². The second-order valence-electron chi connectivity index (χ2n) is 2.92. The van der Waals surface area contributed by atoms with Gasteiger partial charge in [0.2, 0.25) is 6.17 Å². The van der Waals surface area contributed by atoms with Gasteiger partial charge in [-0.1, -0.05) is 6.07 Å². The fourth-order valence-corrected chi connectivity index (χ4v) is 1.11. The number of aromatic nitrogens is 1. The molecule has 1 aromatic heterocycles. The summed E-state index contributed by atoms with van der Waals surface area (Å²) in [6.07, 6.45) is -0.571. The second-order valence-corrected chi connectivity index (χ2v) is 2.92. The minimum Gasteiger partial charge on any atom is -0.479 e. The van der Waals surface area contributed by atoms with Crippen molar-refractivity contribution in [1.82, 2.24) is 4.98 Å². The number of hydrogen-bond donors (Lipinski definition) is 1. The quantitative estimate of drug-likeness (QED) is 0.760. The third kappa shape index (κ3) is 2.02. The lowest BCUT2D eigenvalue weighted by Crippen LogP contribution is -2.09. The van der Waals surface area contributed by atoms with Gasteiger partial charge in [0.1, 0.15) is 0 Å². The highest BCUT2D eigenvalue weighted by Gasteiger charge is 2.21. The normalized spacial score (nSPS) is 12.5. The zero-order valence-electron chi connectivity index (χ0n) is 7.41. The van der Waals surface area contributed by atoms with E-state index in [0.29, 0.717) is 5.56 Å². The monoisotopic (exact) mass is 183 g/mol. The average Bonchev–Trinajstić information content (AvgIpc) is 2.03. The Morgan fingerprint density at radius 3 is 2.69 bits per heavy atom. The zero-order valence-corrected chi connectivity index (χ0v) is 7.41. The summed E-state index contributed by atoms with van der Waals surface area (Å²) in [5.74, 6) is -1.50. The molecule has 0 aliphatic rings. The number of halogens is 1. The predicted molar refractivity (Wildman–Crippen MR) is 45.2 cm³/mol. The molecule has 13 heavy (non-hydrogen) atoms. The largest absolute Gasteiger partial charge is 0.479 e. The molecule has 1 unspecified atom stereocenters. The summed E-state index contributed by atoms with van der Waals surface area (Å²) in [5, 5.41) is 8.41. The topological polar surface area (TPSA) is 50.2 Å². The molecule has 0 aliphatic heterocycles. The fourth-order valence-electron chi connectivity index (χ4n) is 1.11. The van der Waals surface area contributed by atoms with Crippen molar-refractivity contribution in [2.24, 2.45) is 0 Å². The molecule has 3 nitrogen and oxygen atoms in total. The van der Waals surface area contributed by atoms with Gasteiger partial charge in [-0.05, 0) is 25.0 Å². The molecular formula is C9H10FNO2. The van der Waals surface area contributed by atoms with Gasteiger partial charge in [-0.25, -0.2) is 9.18 Å². The molecule has 0 aromatic carbocycles. The number of hydrogen-bond acceptors (Lipinski definition) is 2. The van der Waals surface area contributed by atoms with E-state index in [1.54, 1.807) is 13.0 Å². The number of aliphatic carboxylic acids is 1. The third-order valence-corrected chi connectivity index (χ3v) is 1.71. The molecule has 0 aliphatic carbocycles. The van der Waals surface area contributed by atoms with Crippen LogP contribution in [0.15, 0.2) is 12.3 Å². The highest BCUT2D eigenvalue weighted by Crippen LogP contribution is 2.19. The van der Waals surface area contributed by atoms with Gasteiger partial charge < -0.3 is 5.11 Å². The van der Waals surface area contributed by atoms with Crippen LogP contribution >= 0.6 is 0 Å². The number of nitrogens with zero attached hydrogens (tertiary/aromatic N) is 1. The van der Waals surface area contributed by atoms with E-state index in [9.17, 15) is 9.18 Å². The number of alkyl halides is 1. The predicted octanol–water partition coefficient (Wildman–Crippen LogP) is 1.79. The lowest BCUT2D eigenvalue weighted by atomic mass is 10.1. The number of pyridine rings is 1. The Bertz CT molecular complexity index is 338. The lowest BCUT2D eigenvalue weighted by Gasteiger charge is -2.06. The van der Waals surface area contributed by atoms with Gasteiger partial charge in [-0.3, -0.25) is 4.98 Å². The minimum absolute atomic E-state index is 0.0156. The highest BCUT2D eigenvalue weighted by molar-refractivity contribution is 5.73. The van der Waals surface area contributed by atoms with Crippen LogP contribution in [0.3, 0.4) is 0 Å². The van der Waals surface area contributed by atoms with Crippen molar-refractivity contribution >= 4 is 5.97 Å². The second kappa shape index (κ2) is 3.51. The van der Waals surface area contributed by atoms with Crippen LogP contribution in [0.1, 0.15) is 23.0 Å². The molecule has 0 saturated carbocycles. The molecule has 0 fully saturated rings. The lowest BCUT2D eigenvalue weighted by molar-refractivity contribution is -0.143. The maximum absolute atomic E-state index is 13.0. The highest BCUT2D eigenvalue weighted by atomic mass is 19.1. The first-order valence-corrected chi connectivity index (χ1v) is 3.82. The van der Waals surface area contributed by atoms with Crippen LogP contribution < -0.4 is 0 Å². The molecule has 0 radical (unpaired) electrons. The number of carbonyl (C=O) groups is 1. The van der Waals surface area contributed by atoms with E-state index in [1.165, 1.54) is 6.20 Å². The molecule has 1 aromatic rings. The number of aryl methyl sites for hydroxylation is 2. The van der Waals surface area contributed by atoms with Crippen molar-refractivity contribution in [3.63, 3.8) is 0 Å². The molecule has 1 N–H and O–H groups in total. The van der Waals surface area contributed by atoms with E-state index in [0.717, 1.165) is 5.56 Å². The molecule has 1 atom stereocenters. The van der Waals surface area contributed by atoms with Crippen LogP contribution in [-0.2, 0) is 4.79 Å². The Balaban J connectivity index is 3.08. The van der Waals surface area contributed by atoms with Crippen LogP contribution in [0, 0.1) is 13.8 Å². The van der Waals surface area contributed by atoms with Crippen molar-refractivity contribution in [1.29, 1.82) is 0 Å². The molecule has 70 valence electrons. The third-order valence-electron chi connectivity index (χ3n) is 1.71. The summed E-state index contributed by atoms with van der Waals surface area (Å²) in [6, 6.07) is 1.71. The van der Waals surface area contributed by atoms with E-state index in [4.69, 9.17) is 5.11 Å². The molecule has 1 rings (SSSR count). The van der Waals surface area contributed by atoms with E-state index in [1.807, 2.05) is 6.92 Å². The van der Waals surface area contributed by atoms with E-state index in [2.05, 4.69) is 4.98 Å². The SMILES string of the molecule is Cc1cnc(C(F)C(=O)O)c(C)c1. The minimum atomic E-state index is -2.03. The van der Waals surface area contributed by atoms with E-state index in [-0.39, 0.29) is 5.69 Å². The van der Waals surface area contributed by atoms with Crippen molar-refractivity contribution in [2.75, 3.05) is 0 Å². The zero-order chi connectivity index (χ0) is 10.0. The van der Waals surface area contributed by atoms with Gasteiger partial charge in [0.15, 0.2) is 0 Å². The molecule has 1 heterocycles. The first-order valence-electron chi connectivity index (χ1n) is 3.82. The van der Waals surface area contributed by atoms with Crippen molar-refractivity contribution in [2.45, 2.75) is 20.0 Å². The van der Waals surface area contributed by atoms with E-state index >= 15 is 0 Å². The maximum Gasteiger partial charge on any atom is 0.344 e. The van der Waals surface area contributed by atoms with Gasteiger partial charge in [0.05, 0.1) is 5.69 Å². The Morgan fingerprint density at radius 1 is 1.62 bits per heavy atom. The standard InChI is InChI=1S/C9H10FNO2/c1-5-3-6(2)8(11-4-5)7(10)9(12)13/h3-4,7H,1-2H3,(H,12,13). The maximum atomic E-state index is 13.0. The van der Waals surface area contributed by atoms with Crippen molar-refractivity contribution < 1.29 is 14.3 Å². The van der Waals surface area contributed by atoms with Gasteiger partial charge in [-0.15, -0.1) is 0 Å².